The monoisotopic (exact) mass is 536 g/mol. The Bertz CT molecular complexity index is 699. The molecule has 0 aromatic rings. The minimum absolute atomic E-state index is 0.0701. The van der Waals surface area contributed by atoms with Crippen molar-refractivity contribution in [2.75, 3.05) is 19.8 Å². The van der Waals surface area contributed by atoms with Gasteiger partial charge in [0.2, 0.25) is 0 Å². The molecule has 0 aromatic heterocycles. The van der Waals surface area contributed by atoms with Gasteiger partial charge in [-0.3, -0.25) is 0 Å². The molecule has 12 heteroatoms. The second-order valence-electron chi connectivity index (χ2n) is 10.7. The quantitative estimate of drug-likeness (QED) is 0.229. The average molecular weight is 537 g/mol. The number of fused-ring (bicyclic) bond motifs is 1. The molecular weight excluding hydrogens is 492 g/mol. The molecule has 3 saturated heterocycles. The van der Waals surface area contributed by atoms with Gasteiger partial charge < -0.3 is 59.1 Å². The topological polar surface area (TPSA) is 177 Å². The van der Waals surface area contributed by atoms with Crippen molar-refractivity contribution in [3.8, 4) is 0 Å². The molecule has 0 amide bonds. The molecule has 3 heterocycles. The highest BCUT2D eigenvalue weighted by molar-refractivity contribution is 4.95. The Balaban J connectivity index is 1.53. The first-order valence-corrected chi connectivity index (χ1v) is 13.6. The van der Waals surface area contributed by atoms with E-state index in [9.17, 15) is 30.6 Å². The molecule has 12 nitrogen and oxygen atoms in total. The highest BCUT2D eigenvalue weighted by Crippen LogP contribution is 2.37. The van der Waals surface area contributed by atoms with E-state index in [0.29, 0.717) is 25.9 Å². The number of aliphatic hydroxyl groups excluding tert-OH is 6. The number of aliphatic hydroxyl groups is 6. The number of rotatable bonds is 7. The van der Waals surface area contributed by atoms with Crippen LogP contribution in [0.25, 0.3) is 0 Å². The van der Waals surface area contributed by atoms with E-state index >= 15 is 0 Å². The average Bonchev–Trinajstić information content (AvgIpc) is 2.88. The third-order valence-corrected chi connectivity index (χ3v) is 8.16. The number of hydrogen-bond acceptors (Lipinski definition) is 12. The molecule has 4 rings (SSSR count). The second-order valence-corrected chi connectivity index (χ2v) is 10.7. The van der Waals surface area contributed by atoms with E-state index in [1.165, 1.54) is 0 Å². The summed E-state index contributed by atoms with van der Waals surface area (Å²) in [5.41, 5.74) is 0. The minimum atomic E-state index is -1.44. The van der Waals surface area contributed by atoms with Crippen LogP contribution in [0.1, 0.15) is 52.4 Å². The van der Waals surface area contributed by atoms with Crippen LogP contribution in [-0.4, -0.2) is 130 Å². The zero-order valence-corrected chi connectivity index (χ0v) is 21.6. The Morgan fingerprint density at radius 1 is 0.757 bits per heavy atom. The van der Waals surface area contributed by atoms with Gasteiger partial charge in [0, 0.05) is 6.61 Å². The van der Waals surface area contributed by atoms with Crippen molar-refractivity contribution in [1.29, 1.82) is 0 Å². The molecule has 0 aromatic carbocycles. The molecule has 6 unspecified atom stereocenters. The maximum Gasteiger partial charge on any atom is 0.187 e. The summed E-state index contributed by atoms with van der Waals surface area (Å²) >= 11 is 0. The van der Waals surface area contributed by atoms with E-state index in [0.717, 1.165) is 19.3 Å². The third kappa shape index (κ3) is 6.47. The molecule has 3 aliphatic heterocycles. The normalized spacial score (nSPS) is 49.6. The van der Waals surface area contributed by atoms with Gasteiger partial charge in [-0.1, -0.05) is 19.8 Å². The maximum absolute atomic E-state index is 10.8. The van der Waals surface area contributed by atoms with E-state index in [-0.39, 0.29) is 12.5 Å². The summed E-state index contributed by atoms with van der Waals surface area (Å²) in [5, 5.41) is 61.3. The highest BCUT2D eigenvalue weighted by Gasteiger charge is 2.51. The van der Waals surface area contributed by atoms with Crippen LogP contribution in [0.2, 0.25) is 0 Å². The van der Waals surface area contributed by atoms with Crippen LogP contribution in [-0.2, 0) is 28.4 Å². The molecule has 0 spiro atoms. The Morgan fingerprint density at radius 3 is 2.24 bits per heavy atom. The van der Waals surface area contributed by atoms with Gasteiger partial charge in [-0.05, 0) is 38.5 Å². The Hall–Kier alpha value is -0.480. The van der Waals surface area contributed by atoms with Crippen molar-refractivity contribution in [3.05, 3.63) is 0 Å². The van der Waals surface area contributed by atoms with E-state index in [1.54, 1.807) is 6.92 Å². The number of ether oxygens (including phenoxy) is 6. The SMILES string of the molecule is CC[C@@H]1CCC[C@@H](O[C@@H]2OC(CO)[C@H](O)C3O[C@@H](CO)CCCOC32)C1O[C@@H]1OC(C)[C@@H](O)C(O)[C@@H]1O. The van der Waals surface area contributed by atoms with Crippen molar-refractivity contribution in [3.63, 3.8) is 0 Å². The lowest BCUT2D eigenvalue weighted by Gasteiger charge is -2.48. The summed E-state index contributed by atoms with van der Waals surface area (Å²) in [6.45, 7) is 3.34. The van der Waals surface area contributed by atoms with E-state index in [1.807, 2.05) is 6.92 Å². The predicted octanol–water partition coefficient (Wildman–Crippen LogP) is -1.20. The van der Waals surface area contributed by atoms with Crippen LogP contribution in [0, 0.1) is 5.92 Å². The van der Waals surface area contributed by atoms with E-state index < -0.39 is 86.3 Å². The fourth-order valence-electron chi connectivity index (χ4n) is 5.88. The first-order valence-electron chi connectivity index (χ1n) is 13.6. The molecule has 4 aliphatic rings. The molecule has 0 bridgehead atoms. The van der Waals surface area contributed by atoms with Crippen molar-refractivity contribution in [2.45, 2.75) is 132 Å². The van der Waals surface area contributed by atoms with Crippen LogP contribution in [0.15, 0.2) is 0 Å². The fourth-order valence-corrected chi connectivity index (χ4v) is 5.88. The van der Waals surface area contributed by atoms with Crippen molar-refractivity contribution >= 4 is 0 Å². The first kappa shape index (κ1) is 29.5. The van der Waals surface area contributed by atoms with Crippen LogP contribution >= 0.6 is 0 Å². The summed E-state index contributed by atoms with van der Waals surface area (Å²) < 4.78 is 36.4. The van der Waals surface area contributed by atoms with Gasteiger partial charge in [0.15, 0.2) is 12.6 Å². The van der Waals surface area contributed by atoms with Gasteiger partial charge in [0.1, 0.15) is 42.7 Å². The van der Waals surface area contributed by atoms with Crippen LogP contribution < -0.4 is 0 Å². The smallest absolute Gasteiger partial charge is 0.187 e. The largest absolute Gasteiger partial charge is 0.394 e. The Kier molecular flexibility index (Phi) is 10.6. The van der Waals surface area contributed by atoms with Gasteiger partial charge in [-0.2, -0.15) is 0 Å². The van der Waals surface area contributed by atoms with Crippen LogP contribution in [0.4, 0.5) is 0 Å². The standard InChI is InChI=1S/C25H44O12/c1-3-13-6-4-8-15(21(13)37-24-20(31)19(30)17(28)12(2)33-24)35-25-23-22(18(29)16(11-27)36-25)34-14(10-26)7-5-9-32-23/h12-31H,3-11H2,1-2H3/t12?,13-,14-,15-,16?,17-,18+,19?,20+,21?,22?,23?,24+,25-/m1/s1. The molecule has 14 atom stereocenters. The molecule has 37 heavy (non-hydrogen) atoms. The molecule has 1 saturated carbocycles. The maximum atomic E-state index is 10.8. The molecule has 6 N–H and O–H groups in total. The van der Waals surface area contributed by atoms with Gasteiger partial charge in [0.25, 0.3) is 0 Å². The second kappa shape index (κ2) is 13.2. The van der Waals surface area contributed by atoms with E-state index in [2.05, 4.69) is 0 Å². The van der Waals surface area contributed by atoms with Gasteiger partial charge in [0.05, 0.1) is 37.6 Å². The van der Waals surface area contributed by atoms with Crippen LogP contribution in [0.3, 0.4) is 0 Å². The van der Waals surface area contributed by atoms with Crippen molar-refractivity contribution < 1.29 is 59.1 Å². The summed E-state index contributed by atoms with van der Waals surface area (Å²) in [6.07, 6.45) is -7.93. The Labute approximate surface area is 217 Å². The lowest BCUT2D eigenvalue weighted by Crippen LogP contribution is -2.63. The third-order valence-electron chi connectivity index (χ3n) is 8.16. The van der Waals surface area contributed by atoms with Crippen LogP contribution in [0.5, 0.6) is 0 Å². The first-order chi connectivity index (χ1) is 17.8. The fraction of sp³-hybridized carbons (Fsp3) is 1.00. The zero-order valence-electron chi connectivity index (χ0n) is 21.6. The lowest BCUT2D eigenvalue weighted by molar-refractivity contribution is -0.356. The zero-order chi connectivity index (χ0) is 26.7. The summed E-state index contributed by atoms with van der Waals surface area (Å²) in [5.74, 6) is 0.0701. The van der Waals surface area contributed by atoms with Gasteiger partial charge >= 0.3 is 0 Å². The van der Waals surface area contributed by atoms with Gasteiger partial charge in [-0.25, -0.2) is 0 Å². The minimum Gasteiger partial charge on any atom is -0.394 e. The van der Waals surface area contributed by atoms with E-state index in [4.69, 9.17) is 28.4 Å². The molecule has 1 aliphatic carbocycles. The van der Waals surface area contributed by atoms with Crippen molar-refractivity contribution in [2.24, 2.45) is 5.92 Å². The lowest BCUT2D eigenvalue weighted by atomic mass is 9.82. The van der Waals surface area contributed by atoms with Gasteiger partial charge in [-0.15, -0.1) is 0 Å². The summed E-state index contributed by atoms with van der Waals surface area (Å²) in [6, 6.07) is 0. The summed E-state index contributed by atoms with van der Waals surface area (Å²) in [7, 11) is 0. The molecule has 216 valence electrons. The van der Waals surface area contributed by atoms with Crippen molar-refractivity contribution in [1.82, 2.24) is 0 Å². The number of hydrogen-bond donors (Lipinski definition) is 6. The highest BCUT2D eigenvalue weighted by atomic mass is 16.7. The Morgan fingerprint density at radius 2 is 1.54 bits per heavy atom. The predicted molar refractivity (Wildman–Crippen MR) is 126 cm³/mol. The molecule has 0 radical (unpaired) electrons. The molecule has 4 fully saturated rings. The summed E-state index contributed by atoms with van der Waals surface area (Å²) in [4.78, 5) is 0. The molecular formula is C25H44O12.